The van der Waals surface area contributed by atoms with Crippen molar-refractivity contribution in [3.05, 3.63) is 6.92 Å². The van der Waals surface area contributed by atoms with Crippen molar-refractivity contribution in [1.82, 2.24) is 0 Å². The Kier molecular flexibility index (Phi) is 14.1. The first-order valence-electron chi connectivity index (χ1n) is 5.33. The average molecular weight is 208 g/mol. The number of rotatable bonds is 3. The topological polar surface area (TPSA) is 46.5 Å². The van der Waals surface area contributed by atoms with Gasteiger partial charge < -0.3 is 16.8 Å². The molecule has 1 rings (SSSR count). The molecule has 0 atom stereocenters. The molecular formula is C11H21LiO3. The van der Waals surface area contributed by atoms with Gasteiger partial charge in [0.15, 0.2) is 0 Å². The Morgan fingerprint density at radius 1 is 1.40 bits per heavy atom. The summed E-state index contributed by atoms with van der Waals surface area (Å²) in [5.74, 6) is -0.865. The van der Waals surface area contributed by atoms with Crippen LogP contribution in [0, 0.1) is 6.92 Å². The first kappa shape index (κ1) is 17.4. The van der Waals surface area contributed by atoms with Crippen molar-refractivity contribution in [2.45, 2.75) is 51.6 Å². The number of carboxylic acid groups (broad SMARTS) is 1. The van der Waals surface area contributed by atoms with Crippen LogP contribution < -0.4 is 18.9 Å². The minimum atomic E-state index is -0.865. The van der Waals surface area contributed by atoms with Gasteiger partial charge in [0.25, 0.3) is 0 Å². The van der Waals surface area contributed by atoms with Crippen molar-refractivity contribution in [3.63, 3.8) is 0 Å². The van der Waals surface area contributed by atoms with Gasteiger partial charge in [-0.3, -0.25) is 0 Å². The van der Waals surface area contributed by atoms with Crippen LogP contribution >= 0.6 is 0 Å². The summed E-state index contributed by atoms with van der Waals surface area (Å²) in [4.78, 5) is 10.1. The number of hydrogen-bond acceptors (Lipinski definition) is 2. The van der Waals surface area contributed by atoms with Gasteiger partial charge in [-0.1, -0.05) is 26.2 Å². The van der Waals surface area contributed by atoms with Crippen LogP contribution in [0.5, 0.6) is 0 Å². The van der Waals surface area contributed by atoms with E-state index in [-0.39, 0.29) is 31.6 Å². The molecule has 0 aromatic heterocycles. The molecule has 0 radical (unpaired) electrons. The van der Waals surface area contributed by atoms with E-state index < -0.39 is 5.97 Å². The third kappa shape index (κ3) is 12.0. The monoisotopic (exact) mass is 208 g/mol. The summed E-state index contributed by atoms with van der Waals surface area (Å²) in [6.45, 7) is 5.37. The molecule has 84 valence electrons. The molecular weight excluding hydrogens is 187 g/mol. The molecule has 15 heavy (non-hydrogen) atoms. The second kappa shape index (κ2) is 12.1. The first-order valence-corrected chi connectivity index (χ1v) is 5.33. The third-order valence-electron chi connectivity index (χ3n) is 1.99. The van der Waals surface area contributed by atoms with Crippen LogP contribution in [0.4, 0.5) is 0 Å². The molecule has 1 saturated carbocycles. The summed E-state index contributed by atoms with van der Waals surface area (Å²) in [6, 6.07) is 0. The molecule has 1 aliphatic rings. The number of hydrogen-bond donors (Lipinski definition) is 1. The number of carbonyl (C=O) groups is 1. The quantitative estimate of drug-likeness (QED) is 0.509. The fourth-order valence-corrected chi connectivity index (χ4v) is 1.42. The van der Waals surface area contributed by atoms with Crippen LogP contribution in [0.25, 0.3) is 0 Å². The Morgan fingerprint density at radius 3 is 2.27 bits per heavy atom. The van der Waals surface area contributed by atoms with E-state index in [9.17, 15) is 4.79 Å². The van der Waals surface area contributed by atoms with E-state index in [0.717, 1.165) is 19.3 Å². The molecule has 0 heterocycles. The second-order valence-electron chi connectivity index (χ2n) is 3.46. The Hall–Kier alpha value is 0.0274. The first-order chi connectivity index (χ1) is 6.70. The van der Waals surface area contributed by atoms with Crippen molar-refractivity contribution >= 4 is 5.97 Å². The Morgan fingerprint density at radius 2 is 1.87 bits per heavy atom. The molecule has 0 spiro atoms. The summed E-state index contributed by atoms with van der Waals surface area (Å²) >= 11 is 0. The van der Waals surface area contributed by atoms with Crippen LogP contribution in [0.1, 0.15) is 45.4 Å². The van der Waals surface area contributed by atoms with Crippen molar-refractivity contribution < 1.29 is 33.5 Å². The predicted molar refractivity (Wildman–Crippen MR) is 56.1 cm³/mol. The molecule has 3 nitrogen and oxygen atoms in total. The molecule has 1 aliphatic carbocycles. The zero-order valence-corrected chi connectivity index (χ0v) is 10.00. The molecule has 4 heteroatoms. The maximum atomic E-state index is 10.1. The zero-order valence-electron chi connectivity index (χ0n) is 10.00. The molecule has 0 amide bonds. The van der Waals surface area contributed by atoms with Crippen molar-refractivity contribution in [2.75, 3.05) is 6.61 Å². The molecule has 0 aromatic carbocycles. The van der Waals surface area contributed by atoms with Gasteiger partial charge >= 0.3 is 24.8 Å². The van der Waals surface area contributed by atoms with Gasteiger partial charge in [0.1, 0.15) is 6.61 Å². The maximum absolute atomic E-state index is 10.1. The van der Waals surface area contributed by atoms with Crippen molar-refractivity contribution in [2.24, 2.45) is 0 Å². The van der Waals surface area contributed by atoms with E-state index >= 15 is 0 Å². The Labute approximate surface area is 105 Å². The minimum absolute atomic E-state index is 0. The van der Waals surface area contributed by atoms with Crippen LogP contribution in [-0.4, -0.2) is 23.8 Å². The standard InChI is InChI=1S/C8H14O3.C3H7.Li/c9-8(10)6-11-7-4-2-1-3-5-7;1-3-2;/h7H,1-6H2,(H,9,10);1,3H2,2H3;/q;-1;+1. The normalized spacial score (nSPS) is 15.9. The minimum Gasteiger partial charge on any atom is -0.480 e. The van der Waals surface area contributed by atoms with Gasteiger partial charge in [0.05, 0.1) is 6.10 Å². The summed E-state index contributed by atoms with van der Waals surface area (Å²) in [6.07, 6.45) is 6.92. The zero-order chi connectivity index (χ0) is 10.8. The van der Waals surface area contributed by atoms with Gasteiger partial charge in [-0.25, -0.2) is 4.79 Å². The van der Waals surface area contributed by atoms with Crippen LogP contribution in [0.3, 0.4) is 0 Å². The van der Waals surface area contributed by atoms with E-state index in [2.05, 4.69) is 6.92 Å². The fraction of sp³-hybridized carbons (Fsp3) is 0.818. The SMILES string of the molecule is O=C(O)COC1CCCCC1.[CH2-]CC.[Li+]. The van der Waals surface area contributed by atoms with Crippen molar-refractivity contribution in [1.29, 1.82) is 0 Å². The van der Waals surface area contributed by atoms with Gasteiger partial charge in [-0.2, -0.15) is 6.42 Å². The summed E-state index contributed by atoms with van der Waals surface area (Å²) in [5, 5.41) is 8.32. The van der Waals surface area contributed by atoms with E-state index in [1.165, 1.54) is 19.3 Å². The molecule has 0 saturated heterocycles. The third-order valence-corrected chi connectivity index (χ3v) is 1.99. The van der Waals surface area contributed by atoms with Crippen molar-refractivity contribution in [3.8, 4) is 0 Å². The van der Waals surface area contributed by atoms with E-state index in [4.69, 9.17) is 9.84 Å². The summed E-state index contributed by atoms with van der Waals surface area (Å²) < 4.78 is 5.14. The van der Waals surface area contributed by atoms with Gasteiger partial charge in [-0.05, 0) is 12.8 Å². The Balaban J connectivity index is 0. The van der Waals surface area contributed by atoms with E-state index in [1.807, 2.05) is 6.92 Å². The molecule has 0 unspecified atom stereocenters. The number of aliphatic carboxylic acids is 1. The molecule has 1 N–H and O–H groups in total. The predicted octanol–water partition coefficient (Wildman–Crippen LogP) is -0.345. The Bertz CT molecular complexity index is 145. The van der Waals surface area contributed by atoms with Gasteiger partial charge in [0, 0.05) is 0 Å². The van der Waals surface area contributed by atoms with Crippen LogP contribution in [0.15, 0.2) is 0 Å². The summed E-state index contributed by atoms with van der Waals surface area (Å²) in [7, 11) is 0. The average Bonchev–Trinajstić information content (AvgIpc) is 2.18. The molecule has 0 aromatic rings. The number of ether oxygens (including phenoxy) is 1. The smallest absolute Gasteiger partial charge is 0.480 e. The second-order valence-corrected chi connectivity index (χ2v) is 3.46. The van der Waals surface area contributed by atoms with Gasteiger partial charge in [0.2, 0.25) is 0 Å². The molecule has 0 bridgehead atoms. The van der Waals surface area contributed by atoms with Gasteiger partial charge in [-0.15, -0.1) is 0 Å². The molecule has 0 aliphatic heterocycles. The fourth-order valence-electron chi connectivity index (χ4n) is 1.42. The maximum Gasteiger partial charge on any atom is 1.00 e. The van der Waals surface area contributed by atoms with E-state index in [1.54, 1.807) is 0 Å². The number of carboxylic acids is 1. The largest absolute Gasteiger partial charge is 1.00 e. The summed E-state index contributed by atoms with van der Waals surface area (Å²) in [5.41, 5.74) is 0. The van der Waals surface area contributed by atoms with Crippen LogP contribution in [-0.2, 0) is 9.53 Å². The van der Waals surface area contributed by atoms with E-state index in [0.29, 0.717) is 0 Å². The molecule has 1 fully saturated rings. The van der Waals surface area contributed by atoms with Crippen LogP contribution in [0.2, 0.25) is 0 Å².